The Labute approximate surface area is 181 Å². The molecule has 2 aromatic carbocycles. The number of hydrazone groups is 1. The van der Waals surface area contributed by atoms with E-state index in [9.17, 15) is 14.7 Å². The van der Waals surface area contributed by atoms with E-state index < -0.39 is 17.1 Å². The van der Waals surface area contributed by atoms with Crippen LogP contribution in [0.25, 0.3) is 5.69 Å². The summed E-state index contributed by atoms with van der Waals surface area (Å²) in [5, 5.41) is 15.4. The second-order valence-corrected chi connectivity index (χ2v) is 7.27. The van der Waals surface area contributed by atoms with Crippen molar-refractivity contribution >= 4 is 17.3 Å². The number of halogens is 1. The highest BCUT2D eigenvalue weighted by molar-refractivity contribution is 6.30. The highest BCUT2D eigenvalue weighted by Crippen LogP contribution is 2.33. The number of benzene rings is 2. The van der Waals surface area contributed by atoms with Crippen molar-refractivity contribution in [2.75, 3.05) is 14.2 Å². The standard InChI is InChI=1S/C21H19ClN4O5/c1-30-16-7-6-11(8-17(16)31-2)14-10-15(25-24-14)18-19(27)23-21(29)26(20(18)28)13-5-3-4-12(22)9-13/h3-9,14,24,28H,10H2,1-2H3,(H,23,27,29)/t14-/m1/s1. The Kier molecular flexibility index (Phi) is 5.43. The van der Waals surface area contributed by atoms with Gasteiger partial charge in [-0.3, -0.25) is 9.78 Å². The van der Waals surface area contributed by atoms with Crippen molar-refractivity contribution < 1.29 is 14.6 Å². The first-order valence-corrected chi connectivity index (χ1v) is 9.69. The van der Waals surface area contributed by atoms with Gasteiger partial charge in [-0.25, -0.2) is 9.36 Å². The fourth-order valence-corrected chi connectivity index (χ4v) is 3.68. The van der Waals surface area contributed by atoms with Crippen LogP contribution in [0.1, 0.15) is 23.6 Å². The molecule has 0 amide bonds. The van der Waals surface area contributed by atoms with Gasteiger partial charge in [-0.2, -0.15) is 5.10 Å². The van der Waals surface area contributed by atoms with Gasteiger partial charge in [0, 0.05) is 11.4 Å². The van der Waals surface area contributed by atoms with Crippen molar-refractivity contribution in [1.82, 2.24) is 15.0 Å². The molecule has 2 heterocycles. The summed E-state index contributed by atoms with van der Waals surface area (Å²) in [6.45, 7) is 0. The maximum atomic E-state index is 12.5. The van der Waals surface area contributed by atoms with Gasteiger partial charge in [-0.05, 0) is 35.9 Å². The summed E-state index contributed by atoms with van der Waals surface area (Å²) in [6, 6.07) is 11.6. The van der Waals surface area contributed by atoms with Crippen LogP contribution >= 0.6 is 11.6 Å². The average Bonchev–Trinajstić information content (AvgIpc) is 3.22. The Bertz CT molecular complexity index is 1300. The van der Waals surface area contributed by atoms with E-state index in [1.807, 2.05) is 12.1 Å². The number of H-pyrrole nitrogens is 1. The van der Waals surface area contributed by atoms with Gasteiger partial charge >= 0.3 is 5.69 Å². The number of rotatable bonds is 5. The van der Waals surface area contributed by atoms with Gasteiger partial charge in [-0.1, -0.05) is 23.7 Å². The molecule has 0 saturated carbocycles. The van der Waals surface area contributed by atoms with E-state index >= 15 is 0 Å². The number of methoxy groups -OCH3 is 2. The molecule has 0 saturated heterocycles. The molecule has 9 nitrogen and oxygen atoms in total. The van der Waals surface area contributed by atoms with Crippen molar-refractivity contribution in [1.29, 1.82) is 0 Å². The third kappa shape index (κ3) is 3.75. The van der Waals surface area contributed by atoms with Crippen LogP contribution in [0.3, 0.4) is 0 Å². The maximum Gasteiger partial charge on any atom is 0.335 e. The molecule has 1 aliphatic rings. The fraction of sp³-hybridized carbons (Fsp3) is 0.190. The molecule has 3 N–H and O–H groups in total. The Morgan fingerprint density at radius 1 is 1.13 bits per heavy atom. The summed E-state index contributed by atoms with van der Waals surface area (Å²) >= 11 is 6.01. The van der Waals surface area contributed by atoms with Crippen LogP contribution in [0.2, 0.25) is 5.02 Å². The predicted octanol–water partition coefficient (Wildman–Crippen LogP) is 2.34. The van der Waals surface area contributed by atoms with Crippen molar-refractivity contribution in [3.05, 3.63) is 79.5 Å². The first kappa shape index (κ1) is 20.5. The zero-order chi connectivity index (χ0) is 22.1. The summed E-state index contributed by atoms with van der Waals surface area (Å²) in [6.07, 6.45) is 0.305. The normalized spacial score (nSPS) is 15.3. The van der Waals surface area contributed by atoms with Crippen molar-refractivity contribution in [2.45, 2.75) is 12.5 Å². The molecule has 0 fully saturated rings. The van der Waals surface area contributed by atoms with Gasteiger partial charge < -0.3 is 20.0 Å². The van der Waals surface area contributed by atoms with E-state index in [4.69, 9.17) is 21.1 Å². The molecule has 1 aliphatic heterocycles. The number of aromatic hydroxyl groups is 1. The predicted molar refractivity (Wildman–Crippen MR) is 116 cm³/mol. The van der Waals surface area contributed by atoms with Gasteiger partial charge in [0.25, 0.3) is 5.56 Å². The molecule has 0 aliphatic carbocycles. The molecule has 10 heteroatoms. The lowest BCUT2D eigenvalue weighted by Crippen LogP contribution is -2.33. The molecule has 0 bridgehead atoms. The third-order valence-corrected chi connectivity index (χ3v) is 5.24. The number of aromatic nitrogens is 2. The highest BCUT2D eigenvalue weighted by atomic mass is 35.5. The fourth-order valence-electron chi connectivity index (χ4n) is 3.50. The first-order valence-electron chi connectivity index (χ1n) is 9.31. The third-order valence-electron chi connectivity index (χ3n) is 5.00. The van der Waals surface area contributed by atoms with Crippen LogP contribution in [0.15, 0.2) is 57.2 Å². The Morgan fingerprint density at radius 3 is 2.61 bits per heavy atom. The second-order valence-electron chi connectivity index (χ2n) is 6.83. The van der Waals surface area contributed by atoms with Crippen molar-refractivity contribution in [2.24, 2.45) is 5.10 Å². The summed E-state index contributed by atoms with van der Waals surface area (Å²) in [5.74, 6) is 0.642. The summed E-state index contributed by atoms with van der Waals surface area (Å²) in [4.78, 5) is 27.1. The van der Waals surface area contributed by atoms with E-state index in [0.29, 0.717) is 34.3 Å². The van der Waals surface area contributed by atoms with E-state index in [1.54, 1.807) is 38.5 Å². The zero-order valence-corrected chi connectivity index (χ0v) is 17.4. The molecule has 0 spiro atoms. The maximum absolute atomic E-state index is 12.5. The first-order chi connectivity index (χ1) is 14.9. The summed E-state index contributed by atoms with van der Waals surface area (Å²) < 4.78 is 11.6. The topological polar surface area (TPSA) is 118 Å². The summed E-state index contributed by atoms with van der Waals surface area (Å²) in [7, 11) is 3.10. The van der Waals surface area contributed by atoms with Crippen molar-refractivity contribution in [3.8, 4) is 23.1 Å². The van der Waals surface area contributed by atoms with Gasteiger partial charge in [0.15, 0.2) is 11.5 Å². The molecular formula is C21H19ClN4O5. The lowest BCUT2D eigenvalue weighted by molar-refractivity contribution is 0.354. The van der Waals surface area contributed by atoms with Crippen LogP contribution < -0.4 is 26.1 Å². The van der Waals surface area contributed by atoms with Gasteiger partial charge in [0.2, 0.25) is 5.88 Å². The molecule has 31 heavy (non-hydrogen) atoms. The van der Waals surface area contributed by atoms with Crippen LogP contribution in [0.5, 0.6) is 17.4 Å². The Balaban J connectivity index is 1.71. The largest absolute Gasteiger partial charge is 0.493 e. The monoisotopic (exact) mass is 442 g/mol. The number of hydrogen-bond acceptors (Lipinski definition) is 7. The second kappa shape index (κ2) is 8.19. The zero-order valence-electron chi connectivity index (χ0n) is 16.7. The molecular weight excluding hydrogens is 424 g/mol. The van der Waals surface area contributed by atoms with E-state index in [0.717, 1.165) is 10.1 Å². The Morgan fingerprint density at radius 2 is 1.90 bits per heavy atom. The van der Waals surface area contributed by atoms with Crippen LogP contribution in [0.4, 0.5) is 0 Å². The van der Waals surface area contributed by atoms with Crippen LogP contribution in [0, 0.1) is 0 Å². The van der Waals surface area contributed by atoms with Crippen LogP contribution in [-0.2, 0) is 0 Å². The number of ether oxygens (including phenoxy) is 2. The highest BCUT2D eigenvalue weighted by Gasteiger charge is 2.28. The summed E-state index contributed by atoms with van der Waals surface area (Å²) in [5.41, 5.74) is 2.86. The van der Waals surface area contributed by atoms with Crippen molar-refractivity contribution in [3.63, 3.8) is 0 Å². The Hall–Kier alpha value is -3.72. The smallest absolute Gasteiger partial charge is 0.335 e. The van der Waals surface area contributed by atoms with E-state index in [1.165, 1.54) is 6.07 Å². The minimum Gasteiger partial charge on any atom is -0.493 e. The number of nitrogens with zero attached hydrogens (tertiary/aromatic N) is 2. The molecule has 3 aromatic rings. The molecule has 0 radical (unpaired) electrons. The SMILES string of the molecule is COc1ccc([C@H]2CC(c3c(O)n(-c4cccc(Cl)c4)c(=O)[nH]c3=O)=NN2)cc1OC. The van der Waals surface area contributed by atoms with Gasteiger partial charge in [0.1, 0.15) is 5.56 Å². The minimum absolute atomic E-state index is 0.0879. The molecule has 1 atom stereocenters. The average molecular weight is 443 g/mol. The molecule has 1 aromatic heterocycles. The number of aromatic amines is 1. The van der Waals surface area contributed by atoms with E-state index in [-0.39, 0.29) is 11.6 Å². The minimum atomic E-state index is -0.781. The molecule has 4 rings (SSSR count). The lowest BCUT2D eigenvalue weighted by atomic mass is 9.99. The molecule has 160 valence electrons. The van der Waals surface area contributed by atoms with Crippen LogP contribution in [-0.4, -0.2) is 34.6 Å². The number of hydrogen-bond donors (Lipinski definition) is 3. The number of nitrogens with one attached hydrogen (secondary N) is 2. The molecule has 0 unspecified atom stereocenters. The lowest BCUT2D eigenvalue weighted by Gasteiger charge is -2.14. The van der Waals surface area contributed by atoms with Gasteiger partial charge in [0.05, 0.1) is 31.7 Å². The van der Waals surface area contributed by atoms with Gasteiger partial charge in [-0.15, -0.1) is 0 Å². The van der Waals surface area contributed by atoms with E-state index in [2.05, 4.69) is 15.5 Å². The quantitative estimate of drug-likeness (QED) is 0.558.